The summed E-state index contributed by atoms with van der Waals surface area (Å²) >= 11 is 0. The highest BCUT2D eigenvalue weighted by atomic mass is 16.5. The second kappa shape index (κ2) is 7.34. The summed E-state index contributed by atoms with van der Waals surface area (Å²) in [6, 6.07) is 7.01. The molecule has 2 aliphatic heterocycles. The first-order valence-corrected chi connectivity index (χ1v) is 8.50. The molecule has 0 bridgehead atoms. The van der Waals surface area contributed by atoms with Gasteiger partial charge in [0.1, 0.15) is 6.10 Å². The molecule has 2 saturated heterocycles. The fourth-order valence-electron chi connectivity index (χ4n) is 3.49. The molecule has 0 saturated carbocycles. The van der Waals surface area contributed by atoms with Gasteiger partial charge in [-0.3, -0.25) is 0 Å². The molecule has 2 unspecified atom stereocenters. The highest BCUT2D eigenvalue weighted by Crippen LogP contribution is 2.31. The zero-order valence-electron chi connectivity index (χ0n) is 13.8. The molecule has 4 heteroatoms. The molecule has 1 aromatic carbocycles. The Bertz CT molecular complexity index is 486. The monoisotopic (exact) mass is 304 g/mol. The number of likely N-dealkylation sites (N-methyl/N-ethyl adjacent to an activating group) is 1. The van der Waals surface area contributed by atoms with Gasteiger partial charge in [0.2, 0.25) is 0 Å². The molecule has 122 valence electrons. The number of rotatable bonds is 5. The number of methoxy groups -OCH3 is 1. The Labute approximate surface area is 133 Å². The van der Waals surface area contributed by atoms with Crippen molar-refractivity contribution in [2.24, 2.45) is 0 Å². The lowest BCUT2D eigenvalue weighted by molar-refractivity contribution is 0.199. The third-order valence-corrected chi connectivity index (χ3v) is 4.76. The van der Waals surface area contributed by atoms with Crippen molar-refractivity contribution in [3.8, 4) is 11.5 Å². The molecule has 1 N–H and O–H groups in total. The Hall–Kier alpha value is -1.26. The average Bonchev–Trinajstić information content (AvgIpc) is 2.95. The first kappa shape index (κ1) is 15.6. The summed E-state index contributed by atoms with van der Waals surface area (Å²) in [7, 11) is 3.87. The fraction of sp³-hybridized carbons (Fsp3) is 0.667. The van der Waals surface area contributed by atoms with Crippen LogP contribution in [0.3, 0.4) is 0 Å². The van der Waals surface area contributed by atoms with E-state index in [2.05, 4.69) is 35.5 Å². The Balaban J connectivity index is 1.64. The van der Waals surface area contributed by atoms with Gasteiger partial charge in [-0.1, -0.05) is 12.5 Å². The zero-order valence-corrected chi connectivity index (χ0v) is 13.8. The molecule has 2 atom stereocenters. The van der Waals surface area contributed by atoms with Crippen molar-refractivity contribution < 1.29 is 9.47 Å². The lowest BCUT2D eigenvalue weighted by Crippen LogP contribution is -2.35. The third-order valence-electron chi connectivity index (χ3n) is 4.76. The van der Waals surface area contributed by atoms with Crippen molar-refractivity contribution in [1.82, 2.24) is 10.2 Å². The molecule has 0 radical (unpaired) electrons. The van der Waals surface area contributed by atoms with Gasteiger partial charge in [-0.25, -0.2) is 0 Å². The number of benzene rings is 1. The van der Waals surface area contributed by atoms with Crippen LogP contribution in [0, 0.1) is 0 Å². The van der Waals surface area contributed by atoms with Gasteiger partial charge in [0, 0.05) is 19.1 Å². The number of hydrogen-bond donors (Lipinski definition) is 1. The maximum absolute atomic E-state index is 6.13. The van der Waals surface area contributed by atoms with Crippen LogP contribution in [0.4, 0.5) is 0 Å². The summed E-state index contributed by atoms with van der Waals surface area (Å²) in [6.45, 7) is 3.26. The minimum absolute atomic E-state index is 0.282. The molecule has 2 aliphatic rings. The Morgan fingerprint density at radius 2 is 2.14 bits per heavy atom. The molecule has 0 aromatic heterocycles. The van der Waals surface area contributed by atoms with Crippen molar-refractivity contribution in [3.05, 3.63) is 23.8 Å². The van der Waals surface area contributed by atoms with Crippen LogP contribution in [0.2, 0.25) is 0 Å². The normalized spacial score (nSPS) is 26.1. The molecule has 4 nitrogen and oxygen atoms in total. The van der Waals surface area contributed by atoms with E-state index in [0.717, 1.165) is 44.0 Å². The summed E-state index contributed by atoms with van der Waals surface area (Å²) in [5.74, 6) is 1.74. The van der Waals surface area contributed by atoms with Crippen molar-refractivity contribution in [3.63, 3.8) is 0 Å². The van der Waals surface area contributed by atoms with Gasteiger partial charge >= 0.3 is 0 Å². The molecule has 2 fully saturated rings. The van der Waals surface area contributed by atoms with Gasteiger partial charge in [-0.05, 0) is 57.0 Å². The average molecular weight is 304 g/mol. The predicted octanol–water partition coefficient (Wildman–Crippen LogP) is 2.46. The van der Waals surface area contributed by atoms with Crippen molar-refractivity contribution in [1.29, 1.82) is 0 Å². The standard InChI is InChI=1S/C18H28N2O2/c1-20-10-8-16(13-20)22-17-7-6-14(12-18(17)21-2)11-15-5-3-4-9-19-15/h6-7,12,15-16,19H,3-5,8-11,13H2,1-2H3. The van der Waals surface area contributed by atoms with E-state index in [1.165, 1.54) is 24.8 Å². The zero-order chi connectivity index (χ0) is 15.4. The lowest BCUT2D eigenvalue weighted by Gasteiger charge is -2.24. The minimum atomic E-state index is 0.282. The molecule has 0 aliphatic carbocycles. The summed E-state index contributed by atoms with van der Waals surface area (Å²) in [4.78, 5) is 2.31. The molecule has 3 rings (SSSR count). The molecule has 0 spiro atoms. The third kappa shape index (κ3) is 3.93. The predicted molar refractivity (Wildman–Crippen MR) is 88.9 cm³/mol. The van der Waals surface area contributed by atoms with Gasteiger partial charge in [0.05, 0.1) is 7.11 Å². The SMILES string of the molecule is COc1cc(CC2CCCCN2)ccc1OC1CCN(C)C1. The van der Waals surface area contributed by atoms with Crippen LogP contribution in [-0.4, -0.2) is 50.8 Å². The van der Waals surface area contributed by atoms with Crippen LogP contribution >= 0.6 is 0 Å². The number of likely N-dealkylation sites (tertiary alicyclic amines) is 1. The second-order valence-electron chi connectivity index (χ2n) is 6.63. The van der Waals surface area contributed by atoms with Crippen LogP contribution in [-0.2, 0) is 6.42 Å². The lowest BCUT2D eigenvalue weighted by atomic mass is 9.97. The topological polar surface area (TPSA) is 33.7 Å². The number of ether oxygens (including phenoxy) is 2. The Morgan fingerprint density at radius 1 is 1.23 bits per heavy atom. The van der Waals surface area contributed by atoms with Crippen molar-refractivity contribution in [2.45, 2.75) is 44.2 Å². The first-order chi connectivity index (χ1) is 10.7. The summed E-state index contributed by atoms with van der Waals surface area (Å²) in [6.07, 6.45) is 6.36. The van der Waals surface area contributed by atoms with E-state index in [0.29, 0.717) is 6.04 Å². The van der Waals surface area contributed by atoms with E-state index >= 15 is 0 Å². The van der Waals surface area contributed by atoms with Gasteiger partial charge in [0.25, 0.3) is 0 Å². The smallest absolute Gasteiger partial charge is 0.161 e. The Kier molecular flexibility index (Phi) is 5.21. The number of piperidine rings is 1. The van der Waals surface area contributed by atoms with Crippen LogP contribution in [0.25, 0.3) is 0 Å². The van der Waals surface area contributed by atoms with Crippen molar-refractivity contribution in [2.75, 3.05) is 33.8 Å². The van der Waals surface area contributed by atoms with Crippen LogP contribution in [0.1, 0.15) is 31.2 Å². The van der Waals surface area contributed by atoms with E-state index in [4.69, 9.17) is 9.47 Å². The van der Waals surface area contributed by atoms with Crippen LogP contribution in [0.15, 0.2) is 18.2 Å². The number of nitrogens with one attached hydrogen (secondary N) is 1. The summed E-state index contributed by atoms with van der Waals surface area (Å²) in [5, 5.41) is 3.61. The van der Waals surface area contributed by atoms with E-state index in [-0.39, 0.29) is 6.10 Å². The van der Waals surface area contributed by atoms with Gasteiger partial charge < -0.3 is 19.7 Å². The highest BCUT2D eigenvalue weighted by molar-refractivity contribution is 5.43. The van der Waals surface area contributed by atoms with E-state index < -0.39 is 0 Å². The second-order valence-corrected chi connectivity index (χ2v) is 6.63. The van der Waals surface area contributed by atoms with E-state index in [1.54, 1.807) is 7.11 Å². The van der Waals surface area contributed by atoms with E-state index in [9.17, 15) is 0 Å². The van der Waals surface area contributed by atoms with Crippen LogP contribution in [0.5, 0.6) is 11.5 Å². The fourth-order valence-corrected chi connectivity index (χ4v) is 3.49. The van der Waals surface area contributed by atoms with Gasteiger partial charge in [-0.15, -0.1) is 0 Å². The first-order valence-electron chi connectivity index (χ1n) is 8.50. The molecular weight excluding hydrogens is 276 g/mol. The van der Waals surface area contributed by atoms with Gasteiger partial charge in [-0.2, -0.15) is 0 Å². The molecule has 22 heavy (non-hydrogen) atoms. The number of nitrogens with zero attached hydrogens (tertiary/aromatic N) is 1. The molecule has 1 aromatic rings. The molecule has 0 amide bonds. The molecule has 2 heterocycles. The summed E-state index contributed by atoms with van der Waals surface area (Å²) < 4.78 is 11.7. The maximum Gasteiger partial charge on any atom is 0.161 e. The minimum Gasteiger partial charge on any atom is -0.493 e. The van der Waals surface area contributed by atoms with Gasteiger partial charge in [0.15, 0.2) is 11.5 Å². The van der Waals surface area contributed by atoms with Crippen molar-refractivity contribution >= 4 is 0 Å². The maximum atomic E-state index is 6.13. The molecular formula is C18H28N2O2. The Morgan fingerprint density at radius 3 is 2.82 bits per heavy atom. The largest absolute Gasteiger partial charge is 0.493 e. The van der Waals surface area contributed by atoms with Crippen LogP contribution < -0.4 is 14.8 Å². The highest BCUT2D eigenvalue weighted by Gasteiger charge is 2.22. The quantitative estimate of drug-likeness (QED) is 0.906. The summed E-state index contributed by atoms with van der Waals surface area (Å²) in [5.41, 5.74) is 1.33. The number of hydrogen-bond acceptors (Lipinski definition) is 4. The van der Waals surface area contributed by atoms with E-state index in [1.807, 2.05) is 0 Å².